The lowest BCUT2D eigenvalue weighted by atomic mass is 9.67. The number of allylic oxidation sites excluding steroid dienone is 1. The Morgan fingerprint density at radius 2 is 1.90 bits per heavy atom. The molecule has 0 amide bonds. The lowest BCUT2D eigenvalue weighted by molar-refractivity contribution is -0.147. The highest BCUT2D eigenvalue weighted by molar-refractivity contribution is 9.10. The van der Waals surface area contributed by atoms with Gasteiger partial charge in [0.25, 0.3) is 0 Å². The van der Waals surface area contributed by atoms with Crippen molar-refractivity contribution in [3.63, 3.8) is 0 Å². The van der Waals surface area contributed by atoms with Gasteiger partial charge in [0.1, 0.15) is 29.3 Å². The summed E-state index contributed by atoms with van der Waals surface area (Å²) in [6.45, 7) is 3.23. The van der Waals surface area contributed by atoms with E-state index in [0.29, 0.717) is 15.7 Å². The van der Waals surface area contributed by atoms with Crippen molar-refractivity contribution < 1.29 is 33.3 Å². The second kappa shape index (κ2) is 8.49. The van der Waals surface area contributed by atoms with Crippen LogP contribution in [-0.4, -0.2) is 44.8 Å². The van der Waals surface area contributed by atoms with Gasteiger partial charge in [0.2, 0.25) is 0 Å². The van der Waals surface area contributed by atoms with Gasteiger partial charge in [-0.05, 0) is 32.0 Å². The van der Waals surface area contributed by atoms with Crippen molar-refractivity contribution >= 4 is 39.5 Å². The maximum atomic E-state index is 13.3. The van der Waals surface area contributed by atoms with E-state index in [2.05, 4.69) is 21.2 Å². The highest BCUT2D eigenvalue weighted by atomic mass is 79.9. The zero-order valence-electron chi connectivity index (χ0n) is 16.7. The van der Waals surface area contributed by atoms with Gasteiger partial charge >= 0.3 is 17.9 Å². The SMILES string of the molecule is CCOC(=O)C1=C(N)Nc2ccc(Br)cc2[C@]12C(=O)OC(C)=C2C(=O)OCCOC. The number of fused-ring (bicyclic) bond motifs is 2. The summed E-state index contributed by atoms with van der Waals surface area (Å²) in [5, 5.41) is 2.91. The summed E-state index contributed by atoms with van der Waals surface area (Å²) in [5.41, 5.74) is 4.63. The highest BCUT2D eigenvalue weighted by Gasteiger charge is 2.62. The van der Waals surface area contributed by atoms with E-state index in [1.54, 1.807) is 25.1 Å². The maximum absolute atomic E-state index is 13.3. The minimum Gasteiger partial charge on any atom is -0.462 e. The fourth-order valence-corrected chi connectivity index (χ4v) is 4.00. The standard InChI is InChI=1S/C20H21BrN2O7/c1-4-28-18(25)15-16(22)23-13-6-5-11(21)9-12(13)20(15)14(10(2)30-19(20)26)17(24)29-8-7-27-3/h5-6,9,23H,4,7-8,22H2,1-3H3/t20-/m1/s1. The van der Waals surface area contributed by atoms with Crippen molar-refractivity contribution in [3.8, 4) is 0 Å². The molecular formula is C20H21BrN2O7. The molecule has 3 rings (SSSR count). The van der Waals surface area contributed by atoms with Crippen LogP contribution in [0.1, 0.15) is 19.4 Å². The van der Waals surface area contributed by atoms with Gasteiger partial charge in [-0.15, -0.1) is 0 Å². The van der Waals surface area contributed by atoms with E-state index in [9.17, 15) is 14.4 Å². The Bertz CT molecular complexity index is 985. The first-order valence-corrected chi connectivity index (χ1v) is 9.92. The van der Waals surface area contributed by atoms with Gasteiger partial charge < -0.3 is 30.0 Å². The molecule has 0 saturated carbocycles. The first kappa shape index (κ1) is 21.8. The average molecular weight is 481 g/mol. The fraction of sp³-hybridized carbons (Fsp3) is 0.350. The summed E-state index contributed by atoms with van der Waals surface area (Å²) in [4.78, 5) is 39.3. The van der Waals surface area contributed by atoms with Crippen LogP contribution in [0.4, 0.5) is 5.69 Å². The number of hydrogen-bond acceptors (Lipinski definition) is 9. The summed E-state index contributed by atoms with van der Waals surface area (Å²) < 4.78 is 21.3. The van der Waals surface area contributed by atoms with Crippen LogP contribution in [0, 0.1) is 0 Å². The number of rotatable bonds is 6. The summed E-state index contributed by atoms with van der Waals surface area (Å²) in [7, 11) is 1.46. The summed E-state index contributed by atoms with van der Waals surface area (Å²) in [6.07, 6.45) is 0. The molecule has 0 aromatic heterocycles. The Balaban J connectivity index is 2.29. The molecule has 2 aliphatic rings. The second-order valence-corrected chi connectivity index (χ2v) is 7.44. The molecule has 0 bridgehead atoms. The Kier molecular flexibility index (Phi) is 6.18. The van der Waals surface area contributed by atoms with E-state index < -0.39 is 23.3 Å². The van der Waals surface area contributed by atoms with E-state index in [1.165, 1.54) is 14.0 Å². The summed E-state index contributed by atoms with van der Waals surface area (Å²) in [5.74, 6) is -2.60. The number of methoxy groups -OCH3 is 1. The van der Waals surface area contributed by atoms with E-state index >= 15 is 0 Å². The monoisotopic (exact) mass is 480 g/mol. The van der Waals surface area contributed by atoms with Crippen molar-refractivity contribution in [3.05, 3.63) is 51.0 Å². The molecule has 2 aliphatic heterocycles. The molecule has 9 nitrogen and oxygen atoms in total. The molecule has 1 spiro atoms. The number of carbonyl (C=O) groups excluding carboxylic acids is 3. The van der Waals surface area contributed by atoms with Crippen molar-refractivity contribution in [2.45, 2.75) is 19.3 Å². The number of nitrogens with two attached hydrogens (primary N) is 1. The third kappa shape index (κ3) is 3.35. The third-order valence-electron chi connectivity index (χ3n) is 4.78. The number of ether oxygens (including phenoxy) is 4. The van der Waals surface area contributed by atoms with Crippen LogP contribution in [0.3, 0.4) is 0 Å². The molecular weight excluding hydrogens is 460 g/mol. The van der Waals surface area contributed by atoms with E-state index in [1.807, 2.05) is 0 Å². The Morgan fingerprint density at radius 3 is 2.57 bits per heavy atom. The number of benzene rings is 1. The first-order valence-electron chi connectivity index (χ1n) is 9.13. The largest absolute Gasteiger partial charge is 0.462 e. The lowest BCUT2D eigenvalue weighted by Crippen LogP contribution is -2.48. The summed E-state index contributed by atoms with van der Waals surface area (Å²) in [6, 6.07) is 5.02. The number of hydrogen-bond donors (Lipinski definition) is 2. The topological polar surface area (TPSA) is 126 Å². The molecule has 30 heavy (non-hydrogen) atoms. The van der Waals surface area contributed by atoms with E-state index in [4.69, 9.17) is 24.7 Å². The molecule has 1 aromatic rings. The molecule has 10 heteroatoms. The van der Waals surface area contributed by atoms with Crippen LogP contribution in [0.5, 0.6) is 0 Å². The zero-order valence-corrected chi connectivity index (χ0v) is 18.3. The molecule has 0 unspecified atom stereocenters. The smallest absolute Gasteiger partial charge is 0.339 e. The molecule has 0 fully saturated rings. The molecule has 0 saturated heterocycles. The number of cyclic esters (lactones) is 1. The van der Waals surface area contributed by atoms with E-state index in [-0.39, 0.29) is 42.5 Å². The predicted molar refractivity (Wildman–Crippen MR) is 109 cm³/mol. The minimum absolute atomic E-state index is 0.0184. The summed E-state index contributed by atoms with van der Waals surface area (Å²) >= 11 is 3.37. The fourth-order valence-electron chi connectivity index (χ4n) is 3.64. The maximum Gasteiger partial charge on any atom is 0.339 e. The van der Waals surface area contributed by atoms with Crippen molar-refractivity contribution in [2.24, 2.45) is 5.73 Å². The van der Waals surface area contributed by atoms with Gasteiger partial charge in [0.15, 0.2) is 5.41 Å². The van der Waals surface area contributed by atoms with Gasteiger partial charge in [-0.2, -0.15) is 0 Å². The lowest BCUT2D eigenvalue weighted by Gasteiger charge is -2.36. The quantitative estimate of drug-likeness (QED) is 0.356. The van der Waals surface area contributed by atoms with Crippen LogP contribution < -0.4 is 11.1 Å². The van der Waals surface area contributed by atoms with Crippen LogP contribution in [0.25, 0.3) is 0 Å². The van der Waals surface area contributed by atoms with Gasteiger partial charge in [0, 0.05) is 22.8 Å². The third-order valence-corrected chi connectivity index (χ3v) is 5.28. The molecule has 1 atom stereocenters. The predicted octanol–water partition coefficient (Wildman–Crippen LogP) is 1.87. The molecule has 3 N–H and O–H groups in total. The number of carbonyl (C=O) groups is 3. The number of anilines is 1. The number of esters is 3. The van der Waals surface area contributed by atoms with Crippen LogP contribution in [0.2, 0.25) is 0 Å². The van der Waals surface area contributed by atoms with Crippen LogP contribution in [0.15, 0.2) is 45.4 Å². The van der Waals surface area contributed by atoms with E-state index in [0.717, 1.165) is 0 Å². The molecule has 160 valence electrons. The zero-order chi connectivity index (χ0) is 22.1. The molecule has 0 aliphatic carbocycles. The second-order valence-electron chi connectivity index (χ2n) is 6.52. The van der Waals surface area contributed by atoms with Gasteiger partial charge in [-0.3, -0.25) is 0 Å². The number of nitrogens with one attached hydrogen (secondary N) is 1. The molecule has 1 aromatic carbocycles. The highest BCUT2D eigenvalue weighted by Crippen LogP contribution is 2.53. The Labute approximate surface area is 181 Å². The van der Waals surface area contributed by atoms with Crippen LogP contribution >= 0.6 is 15.9 Å². The minimum atomic E-state index is -1.94. The van der Waals surface area contributed by atoms with Gasteiger partial charge in [-0.25, -0.2) is 14.4 Å². The van der Waals surface area contributed by atoms with Gasteiger partial charge in [-0.1, -0.05) is 15.9 Å². The Hall–Kier alpha value is -2.85. The normalized spacial score (nSPS) is 20.1. The molecule has 0 radical (unpaired) electrons. The van der Waals surface area contributed by atoms with Crippen molar-refractivity contribution in [1.29, 1.82) is 0 Å². The Morgan fingerprint density at radius 1 is 1.20 bits per heavy atom. The van der Waals surface area contributed by atoms with Crippen molar-refractivity contribution in [2.75, 3.05) is 32.2 Å². The number of halogens is 1. The first-order chi connectivity index (χ1) is 14.3. The molecule has 2 heterocycles. The van der Waals surface area contributed by atoms with Gasteiger partial charge in [0.05, 0.1) is 13.2 Å². The average Bonchev–Trinajstić information content (AvgIpc) is 2.93. The van der Waals surface area contributed by atoms with Crippen molar-refractivity contribution in [1.82, 2.24) is 0 Å². The van der Waals surface area contributed by atoms with Crippen LogP contribution in [-0.2, 0) is 38.7 Å².